The van der Waals surface area contributed by atoms with Crippen LogP contribution in [0.3, 0.4) is 0 Å². The predicted molar refractivity (Wildman–Crippen MR) is 631 cm³/mol. The van der Waals surface area contributed by atoms with Crippen LogP contribution in [0.2, 0.25) is 0 Å². The molecule has 0 saturated heterocycles. The van der Waals surface area contributed by atoms with Crippen molar-refractivity contribution in [3.8, 4) is 34.5 Å². The third kappa shape index (κ3) is 12.5. The number of ether oxygens (including phenoxy) is 3. The average Bonchev–Trinajstić information content (AvgIpc) is 0.667. The Morgan fingerprint density at radius 1 is 0.188 bits per heavy atom. The summed E-state index contributed by atoms with van der Waals surface area (Å²) >= 11 is 7.49. The molecule has 0 amide bonds. The predicted octanol–water partition coefficient (Wildman–Crippen LogP) is 25.5. The highest BCUT2D eigenvalue weighted by Crippen LogP contribution is 2.56. The van der Waals surface area contributed by atoms with Gasteiger partial charge in [-0.25, -0.2) is 0 Å². The number of benzene rings is 24. The maximum atomic E-state index is 7.35. The normalized spacial score (nSPS) is 13.8. The zero-order chi connectivity index (χ0) is 97.1. The maximum absolute atomic E-state index is 7.35. The molecule has 149 heavy (non-hydrogen) atoms. The van der Waals surface area contributed by atoms with Crippen LogP contribution in [0.4, 0.5) is 68.2 Å². The third-order valence-corrected chi connectivity index (χ3v) is 37.3. The largest absolute Gasteiger partial charge is 0.458 e. The lowest BCUT2D eigenvalue weighted by atomic mass is 9.32. The van der Waals surface area contributed by atoms with E-state index in [0.29, 0.717) is 0 Å². The van der Waals surface area contributed by atoms with Gasteiger partial charge in [-0.2, -0.15) is 0 Å². The Bertz CT molecular complexity index is 9160. The summed E-state index contributed by atoms with van der Waals surface area (Å²) in [5, 5.41) is 14.1. The van der Waals surface area contributed by atoms with Gasteiger partial charge in [-0.3, -0.25) is 0 Å². The summed E-state index contributed by atoms with van der Waals surface area (Å²) in [6.45, 7) is 0.0865. The van der Waals surface area contributed by atoms with E-state index in [0.717, 1.165) is 119 Å². The quantitative estimate of drug-likeness (QED) is 0.108. The number of hydrogen-bond donors (Lipinski definition) is 0. The zero-order valence-corrected chi connectivity index (χ0v) is 83.5. The molecule has 688 valence electrons. The van der Waals surface area contributed by atoms with Crippen molar-refractivity contribution in [3.05, 3.63) is 478 Å². The molecular weight excluding hydrogens is 1880 g/mol. The molecule has 10 aliphatic rings. The second kappa shape index (κ2) is 32.8. The molecule has 0 radical (unpaired) electrons. The molecule has 0 bridgehead atoms. The van der Waals surface area contributed by atoms with Gasteiger partial charge in [-0.1, -0.05) is 378 Å². The summed E-state index contributed by atoms with van der Waals surface area (Å²) in [6.07, 6.45) is 0.903. The molecule has 7 nitrogen and oxygen atoms in total. The van der Waals surface area contributed by atoms with E-state index in [-0.39, 0.29) is 33.6 Å². The number of para-hydroxylation sites is 6. The van der Waals surface area contributed by atoms with E-state index in [9.17, 15) is 0 Å². The van der Waals surface area contributed by atoms with Gasteiger partial charge < -0.3 is 33.8 Å². The van der Waals surface area contributed by atoms with Crippen molar-refractivity contribution in [2.24, 2.45) is 0 Å². The van der Waals surface area contributed by atoms with Crippen LogP contribution in [0, 0.1) is 0 Å². The molecule has 0 saturated carbocycles. The van der Waals surface area contributed by atoms with Gasteiger partial charge in [0.25, 0.3) is 20.1 Å². The molecule has 0 unspecified atom stereocenters. The molecule has 10 heterocycles. The minimum atomic E-state index is -0.0187. The Hall–Kier alpha value is -16.8. The van der Waals surface area contributed by atoms with E-state index in [1.807, 2.05) is 47.0 Å². The molecule has 24 aromatic carbocycles. The fraction of sp³-hybridized carbons (Fsp3) is 0.00752. The van der Waals surface area contributed by atoms with E-state index >= 15 is 0 Å². The molecule has 0 fully saturated rings. The van der Waals surface area contributed by atoms with E-state index in [4.69, 9.17) is 14.2 Å². The molecular formula is C133H79B5N4O3S4. The van der Waals surface area contributed by atoms with Crippen LogP contribution in [0.5, 0.6) is 34.5 Å². The van der Waals surface area contributed by atoms with Crippen LogP contribution in [-0.2, 0) is 6.42 Å². The maximum Gasteiger partial charge on any atom is 0.253 e. The van der Waals surface area contributed by atoms with E-state index in [1.54, 1.807) is 0 Å². The number of nitrogens with zero attached hydrogens (tertiary/aromatic N) is 4. The standard InChI is InChI=1S/C78H50B2N4S2.C55H29B3O3S2/c1-7-25-51(26-8-1)81(52-27-9-2-10-28-52)57-43-71-77-75(45-57)85-73-41-23-21-39-65(73)79(77)67-47-61-59-37-19-20-38-60(59)62-48-68-70(50-64(62)63(61)49-69(67)83(71)55-33-15-5-16-34-55)84(56-35-17-6-18-36-56)72-44-58(46-76-78(72)80(68)66-40-22-24-42-74(66)86-76)82(53-29-11-3-12-30-53)54-31-13-4-14-32-54;1-2-12-34-29(10-1)28-30-11-7-15-40-50(30)56(34)37-25-22-31-47(53(37)59-40)32-23-26-38-55(61-42-17-9-21-46-52(42)57(38)35-13-3-5-18-43(35)62-46)49(32)33-24-27-39-54(48(31)33)60-41-16-8-20-45-51(41)58(39)36-14-4-6-19-44(36)63-45/h1-50H;1-27H,28H2. The van der Waals surface area contributed by atoms with Crippen molar-refractivity contribution in [2.75, 3.05) is 19.6 Å². The van der Waals surface area contributed by atoms with Crippen LogP contribution < -0.4 is 116 Å². The van der Waals surface area contributed by atoms with Crippen molar-refractivity contribution in [3.63, 3.8) is 0 Å². The summed E-state index contributed by atoms with van der Waals surface area (Å²) in [5.41, 5.74) is 35.7. The van der Waals surface area contributed by atoms with E-state index < -0.39 is 0 Å². The topological polar surface area (TPSA) is 40.7 Å². The van der Waals surface area contributed by atoms with Crippen molar-refractivity contribution < 1.29 is 14.2 Å². The highest BCUT2D eigenvalue weighted by molar-refractivity contribution is 8.01. The molecule has 0 aliphatic carbocycles. The smallest absolute Gasteiger partial charge is 0.253 e. The van der Waals surface area contributed by atoms with Gasteiger partial charge in [-0.05, 0) is 284 Å². The lowest BCUT2D eigenvalue weighted by Crippen LogP contribution is -2.60. The van der Waals surface area contributed by atoms with Gasteiger partial charge in [-0.15, -0.1) is 0 Å². The third-order valence-electron chi connectivity index (χ3n) is 32.7. The second-order valence-corrected chi connectivity index (χ2v) is 44.7. The highest BCUT2D eigenvalue weighted by atomic mass is 32.2. The number of rotatable bonds is 8. The molecule has 16 heteroatoms. The minimum absolute atomic E-state index is 0.0187. The molecule has 0 N–H and O–H groups in total. The van der Waals surface area contributed by atoms with Gasteiger partial charge in [0.15, 0.2) is 0 Å². The first-order valence-corrected chi connectivity index (χ1v) is 54.6. The minimum Gasteiger partial charge on any atom is -0.458 e. The summed E-state index contributed by atoms with van der Waals surface area (Å²) in [5.74, 6) is 5.52. The van der Waals surface area contributed by atoms with Crippen LogP contribution in [0.1, 0.15) is 11.1 Å². The fourth-order valence-electron chi connectivity index (χ4n) is 26.6. The Labute approximate surface area is 880 Å². The first-order valence-electron chi connectivity index (χ1n) is 51.3. The van der Waals surface area contributed by atoms with Gasteiger partial charge >= 0.3 is 0 Å². The molecule has 34 rings (SSSR count). The van der Waals surface area contributed by atoms with Gasteiger partial charge in [0.2, 0.25) is 13.4 Å². The van der Waals surface area contributed by atoms with Gasteiger partial charge in [0, 0.05) is 124 Å². The van der Waals surface area contributed by atoms with Gasteiger partial charge in [0.1, 0.15) is 34.5 Å². The van der Waals surface area contributed by atoms with E-state index in [1.165, 1.54) is 187 Å². The van der Waals surface area contributed by atoms with Crippen LogP contribution in [-0.4, -0.2) is 33.6 Å². The second-order valence-electron chi connectivity index (χ2n) is 40.4. The van der Waals surface area contributed by atoms with Crippen molar-refractivity contribution in [2.45, 2.75) is 45.6 Å². The lowest BCUT2D eigenvalue weighted by Gasteiger charge is -2.42. The first-order chi connectivity index (χ1) is 73.9. The number of fused-ring (bicyclic) bond motifs is 35. The molecule has 0 spiro atoms. The Morgan fingerprint density at radius 3 is 0.886 bits per heavy atom. The van der Waals surface area contributed by atoms with E-state index in [2.05, 4.69) is 487 Å². The molecule has 10 aliphatic heterocycles. The van der Waals surface area contributed by atoms with Crippen molar-refractivity contribution >= 4 is 295 Å². The Kier molecular flexibility index (Phi) is 18.6. The summed E-state index contributed by atoms with van der Waals surface area (Å²) in [6, 6.07) is 174. The number of hydrogen-bond acceptors (Lipinski definition) is 11. The first kappa shape index (κ1) is 84.4. The molecule has 0 atom stereocenters. The Balaban J connectivity index is 0.000000135. The summed E-state index contributed by atoms with van der Waals surface area (Å²) in [4.78, 5) is 20.2. The lowest BCUT2D eigenvalue weighted by molar-refractivity contribution is 0.490. The average molecular weight is 1960 g/mol. The SMILES string of the molecule is c1ccc(N(c2ccccc2)c2cc3c4c(c2)N(c2ccccc2)c2cc5c(cc2B4c2ccccc2S3)c2ccccc2c2cc3c(cc25)N(c2ccccc2)c2cc(N(c4ccccc4)c4ccccc4)cc4c2B3c2ccccc2S4)cc1.c1ccc2c(c1)Cc1cccc3c1B2c1ccc2c(c1O3)c1ccc3c(c1c1ccc4c(c21)Oc1cccc2c1B4c1ccccc1S2)Oc1cccc2c1B3c1ccccc1S2. The molecule has 0 aromatic heterocycles. The zero-order valence-electron chi connectivity index (χ0n) is 80.2. The van der Waals surface area contributed by atoms with Crippen LogP contribution >= 0.6 is 47.0 Å². The monoisotopic (exact) mass is 1960 g/mol. The van der Waals surface area contributed by atoms with Crippen molar-refractivity contribution in [1.82, 2.24) is 0 Å². The summed E-state index contributed by atoms with van der Waals surface area (Å²) in [7, 11) is 0. The van der Waals surface area contributed by atoms with Gasteiger partial charge in [0.05, 0.1) is 0 Å². The van der Waals surface area contributed by atoms with Crippen LogP contribution in [0.15, 0.2) is 506 Å². The fourth-order valence-corrected chi connectivity index (χ4v) is 31.4. The van der Waals surface area contributed by atoms with Crippen LogP contribution in [0.25, 0.3) is 64.6 Å². The molecule has 24 aromatic rings. The van der Waals surface area contributed by atoms with Crippen molar-refractivity contribution in [1.29, 1.82) is 0 Å². The Morgan fingerprint density at radius 2 is 0.490 bits per heavy atom. The number of anilines is 12. The summed E-state index contributed by atoms with van der Waals surface area (Å²) < 4.78 is 22.0. The highest BCUT2D eigenvalue weighted by Gasteiger charge is 2.49.